The molecule has 22 heavy (non-hydrogen) atoms. The monoisotopic (exact) mass is 299 g/mol. The molecule has 0 aliphatic carbocycles. The lowest BCUT2D eigenvalue weighted by Crippen LogP contribution is -2.20. The molecule has 0 radical (unpaired) electrons. The van der Waals surface area contributed by atoms with E-state index in [1.165, 1.54) is 0 Å². The predicted octanol–water partition coefficient (Wildman–Crippen LogP) is 1.26. The van der Waals surface area contributed by atoms with Crippen LogP contribution in [0.15, 0.2) is 48.5 Å². The minimum absolute atomic E-state index is 0.112. The molecular formula is C16H17N3O3. The number of primary amides is 1. The molecule has 0 aliphatic heterocycles. The van der Waals surface area contributed by atoms with Crippen molar-refractivity contribution in [2.45, 2.75) is 6.54 Å². The normalized spacial score (nSPS) is 10.0. The van der Waals surface area contributed by atoms with Crippen molar-refractivity contribution in [3.05, 3.63) is 59.7 Å². The van der Waals surface area contributed by atoms with E-state index in [4.69, 9.17) is 16.2 Å². The summed E-state index contributed by atoms with van der Waals surface area (Å²) in [4.78, 5) is 22.7. The van der Waals surface area contributed by atoms with E-state index in [0.717, 1.165) is 5.56 Å². The molecule has 0 aromatic heterocycles. The third-order valence-electron chi connectivity index (χ3n) is 2.98. The first kappa shape index (κ1) is 15.5. The van der Waals surface area contributed by atoms with Gasteiger partial charge in [-0.25, -0.2) is 0 Å². The maximum atomic E-state index is 11.8. The number of benzene rings is 2. The second-order valence-corrected chi connectivity index (χ2v) is 4.63. The summed E-state index contributed by atoms with van der Waals surface area (Å²) in [5.41, 5.74) is 12.6. The molecule has 0 bridgehead atoms. The Bertz CT molecular complexity index is 651. The summed E-state index contributed by atoms with van der Waals surface area (Å²) in [7, 11) is 0. The van der Waals surface area contributed by atoms with E-state index in [2.05, 4.69) is 5.32 Å². The van der Waals surface area contributed by atoms with Gasteiger partial charge in [-0.2, -0.15) is 0 Å². The molecule has 0 aliphatic rings. The molecule has 2 aromatic carbocycles. The highest BCUT2D eigenvalue weighted by Gasteiger charge is 2.05. The average molecular weight is 299 g/mol. The first-order chi connectivity index (χ1) is 10.6. The van der Waals surface area contributed by atoms with Crippen molar-refractivity contribution in [1.82, 2.24) is 0 Å². The number of rotatable bonds is 6. The molecular weight excluding hydrogens is 282 g/mol. The van der Waals surface area contributed by atoms with Gasteiger partial charge in [-0.15, -0.1) is 0 Å². The second kappa shape index (κ2) is 7.24. The van der Waals surface area contributed by atoms with Gasteiger partial charge in [0, 0.05) is 17.8 Å². The van der Waals surface area contributed by atoms with Crippen molar-refractivity contribution in [1.29, 1.82) is 0 Å². The van der Waals surface area contributed by atoms with E-state index in [0.29, 0.717) is 23.5 Å². The lowest BCUT2D eigenvalue weighted by atomic mass is 10.2. The fourth-order valence-electron chi connectivity index (χ4n) is 1.79. The topological polar surface area (TPSA) is 107 Å². The van der Waals surface area contributed by atoms with Crippen molar-refractivity contribution in [3.8, 4) is 5.75 Å². The fourth-order valence-corrected chi connectivity index (χ4v) is 1.79. The smallest absolute Gasteiger partial charge is 0.262 e. The predicted molar refractivity (Wildman–Crippen MR) is 83.4 cm³/mol. The SMILES string of the molecule is NCc1ccc(OCC(=O)Nc2ccc(C(N)=O)cc2)cc1. The van der Waals surface area contributed by atoms with E-state index in [1.807, 2.05) is 12.1 Å². The van der Waals surface area contributed by atoms with Crippen LogP contribution in [-0.2, 0) is 11.3 Å². The molecule has 0 saturated heterocycles. The number of amides is 2. The van der Waals surface area contributed by atoms with Gasteiger partial charge in [-0.05, 0) is 42.0 Å². The van der Waals surface area contributed by atoms with Gasteiger partial charge in [0.25, 0.3) is 5.91 Å². The molecule has 0 atom stereocenters. The minimum Gasteiger partial charge on any atom is -0.484 e. The zero-order valence-electron chi connectivity index (χ0n) is 11.9. The molecule has 5 N–H and O–H groups in total. The number of hydrogen-bond donors (Lipinski definition) is 3. The Labute approximate surface area is 128 Å². The number of nitrogens with two attached hydrogens (primary N) is 2. The molecule has 0 heterocycles. The van der Waals surface area contributed by atoms with Gasteiger partial charge in [0.15, 0.2) is 6.61 Å². The summed E-state index contributed by atoms with van der Waals surface area (Å²) in [6.45, 7) is 0.349. The molecule has 0 fully saturated rings. The summed E-state index contributed by atoms with van der Waals surface area (Å²) in [6, 6.07) is 13.5. The lowest BCUT2D eigenvalue weighted by molar-refractivity contribution is -0.118. The number of nitrogens with one attached hydrogen (secondary N) is 1. The first-order valence-corrected chi connectivity index (χ1v) is 6.70. The Morgan fingerprint density at radius 3 is 2.18 bits per heavy atom. The van der Waals surface area contributed by atoms with Crippen LogP contribution in [0.25, 0.3) is 0 Å². The van der Waals surface area contributed by atoms with Gasteiger partial charge in [-0.3, -0.25) is 9.59 Å². The highest BCUT2D eigenvalue weighted by Crippen LogP contribution is 2.12. The van der Waals surface area contributed by atoms with Crippen LogP contribution in [-0.4, -0.2) is 18.4 Å². The van der Waals surface area contributed by atoms with Gasteiger partial charge in [0.1, 0.15) is 5.75 Å². The van der Waals surface area contributed by atoms with Gasteiger partial charge >= 0.3 is 0 Å². The van der Waals surface area contributed by atoms with E-state index in [-0.39, 0.29) is 12.5 Å². The average Bonchev–Trinajstić information content (AvgIpc) is 2.54. The maximum absolute atomic E-state index is 11.8. The zero-order chi connectivity index (χ0) is 15.9. The van der Waals surface area contributed by atoms with E-state index < -0.39 is 5.91 Å². The Morgan fingerprint density at radius 2 is 1.64 bits per heavy atom. The van der Waals surface area contributed by atoms with Gasteiger partial charge in [0.05, 0.1) is 0 Å². The maximum Gasteiger partial charge on any atom is 0.262 e. The Balaban J connectivity index is 1.85. The lowest BCUT2D eigenvalue weighted by Gasteiger charge is -2.08. The number of anilines is 1. The van der Waals surface area contributed by atoms with Crippen molar-refractivity contribution in [2.75, 3.05) is 11.9 Å². The van der Waals surface area contributed by atoms with Crippen LogP contribution in [0, 0.1) is 0 Å². The summed E-state index contributed by atoms with van der Waals surface area (Å²) >= 11 is 0. The van der Waals surface area contributed by atoms with Crippen molar-refractivity contribution in [2.24, 2.45) is 11.5 Å². The zero-order valence-corrected chi connectivity index (χ0v) is 11.9. The highest BCUT2D eigenvalue weighted by atomic mass is 16.5. The standard InChI is InChI=1S/C16H17N3O3/c17-9-11-1-7-14(8-2-11)22-10-15(20)19-13-5-3-12(4-6-13)16(18)21/h1-8H,9-10,17H2,(H2,18,21)(H,19,20). The fraction of sp³-hybridized carbons (Fsp3) is 0.125. The molecule has 2 aromatic rings. The number of ether oxygens (including phenoxy) is 1. The molecule has 6 nitrogen and oxygen atoms in total. The summed E-state index contributed by atoms with van der Waals surface area (Å²) < 4.78 is 5.37. The first-order valence-electron chi connectivity index (χ1n) is 6.70. The minimum atomic E-state index is -0.512. The number of carbonyl (C=O) groups is 2. The molecule has 6 heteroatoms. The third-order valence-corrected chi connectivity index (χ3v) is 2.98. The summed E-state index contributed by atoms with van der Waals surface area (Å²) in [6.07, 6.45) is 0. The van der Waals surface area contributed by atoms with Crippen LogP contribution < -0.4 is 21.5 Å². The van der Waals surface area contributed by atoms with Crippen molar-refractivity contribution in [3.63, 3.8) is 0 Å². The van der Waals surface area contributed by atoms with Gasteiger partial charge in [-0.1, -0.05) is 12.1 Å². The number of carbonyl (C=O) groups excluding carboxylic acids is 2. The molecule has 0 unspecified atom stereocenters. The van der Waals surface area contributed by atoms with E-state index in [1.54, 1.807) is 36.4 Å². The largest absolute Gasteiger partial charge is 0.484 e. The van der Waals surface area contributed by atoms with Crippen LogP contribution in [0.1, 0.15) is 15.9 Å². The molecule has 0 spiro atoms. The molecule has 2 rings (SSSR count). The third kappa shape index (κ3) is 4.32. The summed E-state index contributed by atoms with van der Waals surface area (Å²) in [5.74, 6) is -0.215. The van der Waals surface area contributed by atoms with Crippen LogP contribution in [0.2, 0.25) is 0 Å². The van der Waals surface area contributed by atoms with Crippen molar-refractivity contribution >= 4 is 17.5 Å². The molecule has 114 valence electrons. The Kier molecular flexibility index (Phi) is 5.11. The number of hydrogen-bond acceptors (Lipinski definition) is 4. The van der Waals surface area contributed by atoms with Gasteiger partial charge < -0.3 is 21.5 Å². The van der Waals surface area contributed by atoms with E-state index >= 15 is 0 Å². The van der Waals surface area contributed by atoms with Gasteiger partial charge in [0.2, 0.25) is 5.91 Å². The Morgan fingerprint density at radius 1 is 1.00 bits per heavy atom. The molecule has 2 amide bonds. The van der Waals surface area contributed by atoms with Crippen LogP contribution in [0.4, 0.5) is 5.69 Å². The van der Waals surface area contributed by atoms with Crippen LogP contribution in [0.3, 0.4) is 0 Å². The molecule has 0 saturated carbocycles. The quantitative estimate of drug-likeness (QED) is 0.746. The second-order valence-electron chi connectivity index (χ2n) is 4.63. The van der Waals surface area contributed by atoms with Crippen LogP contribution >= 0.6 is 0 Å². The van der Waals surface area contributed by atoms with Crippen molar-refractivity contribution < 1.29 is 14.3 Å². The van der Waals surface area contributed by atoms with Crippen LogP contribution in [0.5, 0.6) is 5.75 Å². The highest BCUT2D eigenvalue weighted by molar-refractivity contribution is 5.95. The summed E-state index contributed by atoms with van der Waals surface area (Å²) in [5, 5.41) is 2.66. The Hall–Kier alpha value is -2.86. The van der Waals surface area contributed by atoms with E-state index in [9.17, 15) is 9.59 Å².